The molecule has 1 unspecified atom stereocenters. The van der Waals surface area contributed by atoms with E-state index in [-0.39, 0.29) is 28.8 Å². The van der Waals surface area contributed by atoms with Gasteiger partial charge < -0.3 is 9.64 Å². The van der Waals surface area contributed by atoms with Crippen LogP contribution in [0.4, 0.5) is 16.2 Å². The fraction of sp³-hybridized carbons (Fsp3) is 0.611. The van der Waals surface area contributed by atoms with E-state index in [2.05, 4.69) is 4.90 Å². The number of nitro groups is 1. The molecule has 7 nitrogen and oxygen atoms in total. The molecule has 1 aliphatic heterocycles. The number of hydrogen-bond donors (Lipinski definition) is 0. The van der Waals surface area contributed by atoms with Crippen molar-refractivity contribution in [3.05, 3.63) is 33.9 Å². The van der Waals surface area contributed by atoms with E-state index in [1.54, 1.807) is 17.0 Å². The molecule has 1 aromatic rings. The Balaban J connectivity index is 2.17. The molecule has 2 atom stereocenters. The predicted molar refractivity (Wildman–Crippen MR) is 97.0 cm³/mol. The molecule has 0 saturated carbocycles. The van der Waals surface area contributed by atoms with Crippen LogP contribution < -0.4 is 4.90 Å². The zero-order chi connectivity index (χ0) is 18.9. The number of non-ortho nitro benzene ring substituents is 1. The molecule has 1 amide bonds. The molecule has 0 radical (unpaired) electrons. The lowest BCUT2D eigenvalue weighted by molar-refractivity contribution is -0.384. The Hall–Kier alpha value is -2.31. The third-order valence-electron chi connectivity index (χ3n) is 4.26. The van der Waals surface area contributed by atoms with E-state index in [9.17, 15) is 14.9 Å². The van der Waals surface area contributed by atoms with Crippen LogP contribution in [0.2, 0.25) is 0 Å². The van der Waals surface area contributed by atoms with Gasteiger partial charge in [-0.25, -0.2) is 4.79 Å². The third-order valence-corrected chi connectivity index (χ3v) is 4.26. The van der Waals surface area contributed by atoms with E-state index in [1.807, 2.05) is 41.5 Å². The highest BCUT2D eigenvalue weighted by Gasteiger charge is 2.36. The maximum Gasteiger partial charge on any atom is 0.410 e. The van der Waals surface area contributed by atoms with Crippen LogP contribution in [0.3, 0.4) is 0 Å². The second-order valence-corrected chi connectivity index (χ2v) is 7.72. The average molecular weight is 349 g/mol. The lowest BCUT2D eigenvalue weighted by Crippen LogP contribution is -2.59. The maximum absolute atomic E-state index is 12.5. The van der Waals surface area contributed by atoms with Gasteiger partial charge in [0.2, 0.25) is 0 Å². The second-order valence-electron chi connectivity index (χ2n) is 7.72. The summed E-state index contributed by atoms with van der Waals surface area (Å²) in [5.41, 5.74) is 1.39. The largest absolute Gasteiger partial charge is 0.444 e. The van der Waals surface area contributed by atoms with Gasteiger partial charge in [-0.3, -0.25) is 15.0 Å². The van der Waals surface area contributed by atoms with E-state index in [0.717, 1.165) is 11.3 Å². The second kappa shape index (κ2) is 6.90. The quantitative estimate of drug-likeness (QED) is 0.600. The highest BCUT2D eigenvalue weighted by molar-refractivity contribution is 5.70. The molecule has 0 spiro atoms. The smallest absolute Gasteiger partial charge is 0.410 e. The number of carbonyl (C=O) groups is 1. The van der Waals surface area contributed by atoms with Crippen molar-refractivity contribution in [3.63, 3.8) is 0 Å². The van der Waals surface area contributed by atoms with Gasteiger partial charge in [-0.2, -0.15) is 0 Å². The van der Waals surface area contributed by atoms with Crippen molar-refractivity contribution in [3.8, 4) is 0 Å². The molecule has 0 aromatic heterocycles. The first-order valence-corrected chi connectivity index (χ1v) is 8.51. The minimum atomic E-state index is -0.525. The van der Waals surface area contributed by atoms with E-state index in [4.69, 9.17) is 4.74 Å². The van der Waals surface area contributed by atoms with E-state index >= 15 is 0 Å². The number of carbonyl (C=O) groups excluding carboxylic acids is 1. The summed E-state index contributed by atoms with van der Waals surface area (Å²) < 4.78 is 5.52. The summed E-state index contributed by atoms with van der Waals surface area (Å²) >= 11 is 0. The first-order valence-electron chi connectivity index (χ1n) is 8.51. The molecule has 1 aromatic carbocycles. The summed E-state index contributed by atoms with van der Waals surface area (Å²) in [5.74, 6) is 0. The summed E-state index contributed by atoms with van der Waals surface area (Å²) in [7, 11) is 0. The van der Waals surface area contributed by atoms with Crippen molar-refractivity contribution in [1.82, 2.24) is 4.90 Å². The Labute approximate surface area is 148 Å². The minimum Gasteiger partial charge on any atom is -0.444 e. The molecule has 7 heteroatoms. The Morgan fingerprint density at radius 1 is 1.24 bits per heavy atom. The monoisotopic (exact) mass is 349 g/mol. The van der Waals surface area contributed by atoms with Gasteiger partial charge in [0.15, 0.2) is 0 Å². The van der Waals surface area contributed by atoms with Gasteiger partial charge in [0.25, 0.3) is 5.69 Å². The van der Waals surface area contributed by atoms with Crippen molar-refractivity contribution in [2.24, 2.45) is 0 Å². The van der Waals surface area contributed by atoms with Crippen LogP contribution >= 0.6 is 0 Å². The highest BCUT2D eigenvalue weighted by atomic mass is 16.6. The van der Waals surface area contributed by atoms with Crippen molar-refractivity contribution in [2.75, 3.05) is 18.0 Å². The van der Waals surface area contributed by atoms with Gasteiger partial charge in [0.1, 0.15) is 5.60 Å². The van der Waals surface area contributed by atoms with Gasteiger partial charge in [-0.15, -0.1) is 0 Å². The zero-order valence-electron chi connectivity index (χ0n) is 15.8. The van der Waals surface area contributed by atoms with Gasteiger partial charge in [0, 0.05) is 30.9 Å². The molecule has 1 saturated heterocycles. The Morgan fingerprint density at radius 3 is 2.24 bits per heavy atom. The fourth-order valence-corrected chi connectivity index (χ4v) is 3.30. The normalized spacial score (nSPS) is 21.2. The Bertz CT molecular complexity index is 657. The summed E-state index contributed by atoms with van der Waals surface area (Å²) in [4.78, 5) is 27.0. The maximum atomic E-state index is 12.5. The zero-order valence-corrected chi connectivity index (χ0v) is 15.8. The van der Waals surface area contributed by atoms with Gasteiger partial charge in [0.05, 0.1) is 17.0 Å². The molecule has 0 aliphatic carbocycles. The van der Waals surface area contributed by atoms with Crippen LogP contribution in [0.5, 0.6) is 0 Å². The molecular formula is C18H27N3O4. The number of nitrogens with zero attached hydrogens (tertiary/aromatic N) is 3. The predicted octanol–water partition coefficient (Wildman–Crippen LogP) is 3.74. The summed E-state index contributed by atoms with van der Waals surface area (Å²) in [5, 5.41) is 10.9. The number of aryl methyl sites for hydroxylation is 1. The molecule has 0 N–H and O–H groups in total. The van der Waals surface area contributed by atoms with E-state index < -0.39 is 5.60 Å². The average Bonchev–Trinajstić information content (AvgIpc) is 2.44. The number of rotatable bonds is 2. The molecule has 25 heavy (non-hydrogen) atoms. The van der Waals surface area contributed by atoms with Gasteiger partial charge in [-0.05, 0) is 53.2 Å². The van der Waals surface area contributed by atoms with E-state index in [0.29, 0.717) is 13.1 Å². The SMILES string of the molecule is Cc1cc([N+](=O)[O-])ccc1N1CC(C)N(C(=O)OC(C)(C)C)[C@H](C)C1. The van der Waals surface area contributed by atoms with Crippen LogP contribution in [0.15, 0.2) is 18.2 Å². The molecule has 2 rings (SSSR count). The standard InChI is InChI=1S/C18H27N3O4/c1-12-9-15(21(23)24)7-8-16(12)19-10-13(2)20(14(3)11-19)17(22)25-18(4,5)6/h7-9,13-14H,10-11H2,1-6H3/t13-,14?/m1/s1. The van der Waals surface area contributed by atoms with Crippen molar-refractivity contribution >= 4 is 17.5 Å². The molecule has 1 heterocycles. The third kappa shape index (κ3) is 4.41. The van der Waals surface area contributed by atoms with Crippen molar-refractivity contribution < 1.29 is 14.5 Å². The first kappa shape index (κ1) is 19.0. The molecule has 0 bridgehead atoms. The molecule has 138 valence electrons. The minimum absolute atomic E-state index is 0.0202. The molecule has 1 fully saturated rings. The number of nitro benzene ring substituents is 1. The molecular weight excluding hydrogens is 322 g/mol. The fourth-order valence-electron chi connectivity index (χ4n) is 3.30. The highest BCUT2D eigenvalue weighted by Crippen LogP contribution is 2.29. The number of anilines is 1. The summed E-state index contributed by atoms with van der Waals surface area (Å²) in [6.07, 6.45) is -0.299. The number of amides is 1. The van der Waals surface area contributed by atoms with E-state index in [1.165, 1.54) is 6.07 Å². The number of piperazine rings is 1. The Morgan fingerprint density at radius 2 is 1.80 bits per heavy atom. The number of hydrogen-bond acceptors (Lipinski definition) is 5. The van der Waals surface area contributed by atoms with Crippen LogP contribution in [0.25, 0.3) is 0 Å². The lowest BCUT2D eigenvalue weighted by Gasteiger charge is -2.45. The van der Waals surface area contributed by atoms with Crippen LogP contribution in [0, 0.1) is 17.0 Å². The Kier molecular flexibility index (Phi) is 5.25. The number of benzene rings is 1. The lowest BCUT2D eigenvalue weighted by atomic mass is 10.1. The van der Waals surface area contributed by atoms with Crippen LogP contribution in [0.1, 0.15) is 40.2 Å². The molecule has 1 aliphatic rings. The summed E-state index contributed by atoms with van der Waals surface area (Å²) in [6.45, 7) is 12.7. The summed E-state index contributed by atoms with van der Waals surface area (Å²) in [6, 6.07) is 4.86. The van der Waals surface area contributed by atoms with Crippen molar-refractivity contribution in [2.45, 2.75) is 59.2 Å². The first-order chi connectivity index (χ1) is 11.5. The van der Waals surface area contributed by atoms with Crippen molar-refractivity contribution in [1.29, 1.82) is 0 Å². The van der Waals surface area contributed by atoms with Gasteiger partial charge in [-0.1, -0.05) is 0 Å². The topological polar surface area (TPSA) is 75.9 Å². The van der Waals surface area contributed by atoms with Crippen LogP contribution in [-0.2, 0) is 4.74 Å². The van der Waals surface area contributed by atoms with Gasteiger partial charge >= 0.3 is 6.09 Å². The van der Waals surface area contributed by atoms with Crippen LogP contribution in [-0.4, -0.2) is 46.7 Å². The number of ether oxygens (including phenoxy) is 1.